The molecule has 0 fully saturated rings. The topological polar surface area (TPSA) is 55.1 Å². The number of carboxylic acids is 1. The minimum atomic E-state index is -0.950. The molecule has 2 rings (SSSR count). The number of halogens is 2. The summed E-state index contributed by atoms with van der Waals surface area (Å²) in [5, 5.41) is 9.63. The second kappa shape index (κ2) is 5.98. The van der Waals surface area contributed by atoms with Gasteiger partial charge in [0.15, 0.2) is 0 Å². The first-order chi connectivity index (χ1) is 8.99. The molecule has 0 spiro atoms. The number of nitrogens with zero attached hydrogens (tertiary/aromatic N) is 2. The van der Waals surface area contributed by atoms with Crippen molar-refractivity contribution in [3.63, 3.8) is 0 Å². The van der Waals surface area contributed by atoms with Crippen molar-refractivity contribution < 1.29 is 9.90 Å². The molecule has 2 aromatic rings. The smallest absolute Gasteiger partial charge is 0.336 e. The van der Waals surface area contributed by atoms with Gasteiger partial charge >= 0.3 is 5.97 Å². The molecule has 1 N–H and O–H groups in total. The summed E-state index contributed by atoms with van der Waals surface area (Å²) >= 11 is 10.6. The SMILES string of the molecule is Cn1c(Cl)cnc1CSc1ccc(Br)c(C(=O)O)c1. The van der Waals surface area contributed by atoms with E-state index in [0.29, 0.717) is 15.4 Å². The van der Waals surface area contributed by atoms with Crippen molar-refractivity contribution in [3.05, 3.63) is 45.4 Å². The van der Waals surface area contributed by atoms with Crippen LogP contribution in [-0.2, 0) is 12.8 Å². The maximum absolute atomic E-state index is 11.0. The van der Waals surface area contributed by atoms with Gasteiger partial charge in [0.05, 0.1) is 17.5 Å². The maximum atomic E-state index is 11.0. The summed E-state index contributed by atoms with van der Waals surface area (Å²) in [5.41, 5.74) is 0.253. The van der Waals surface area contributed by atoms with Gasteiger partial charge in [0.25, 0.3) is 0 Å². The number of hydrogen-bond donors (Lipinski definition) is 1. The van der Waals surface area contributed by atoms with E-state index in [-0.39, 0.29) is 5.56 Å². The summed E-state index contributed by atoms with van der Waals surface area (Å²) in [5.74, 6) is 0.522. The average molecular weight is 362 g/mol. The van der Waals surface area contributed by atoms with Gasteiger partial charge in [-0.25, -0.2) is 9.78 Å². The van der Waals surface area contributed by atoms with Crippen LogP contribution in [0.25, 0.3) is 0 Å². The molecule has 0 aliphatic rings. The van der Waals surface area contributed by atoms with Crippen LogP contribution in [0.1, 0.15) is 16.2 Å². The van der Waals surface area contributed by atoms with E-state index in [0.717, 1.165) is 10.7 Å². The number of hydrogen-bond acceptors (Lipinski definition) is 3. The number of imidazole rings is 1. The Kier molecular flexibility index (Phi) is 4.54. The molecule has 0 atom stereocenters. The quantitative estimate of drug-likeness (QED) is 0.841. The van der Waals surface area contributed by atoms with E-state index in [1.54, 1.807) is 22.9 Å². The normalized spacial score (nSPS) is 10.7. The lowest BCUT2D eigenvalue weighted by molar-refractivity contribution is 0.0695. The molecular formula is C12H10BrClN2O2S. The molecule has 4 nitrogen and oxygen atoms in total. The molecule has 1 aromatic carbocycles. The molecule has 100 valence electrons. The first kappa shape index (κ1) is 14.4. The lowest BCUT2D eigenvalue weighted by Crippen LogP contribution is -1.98. The number of thioether (sulfide) groups is 1. The highest BCUT2D eigenvalue weighted by molar-refractivity contribution is 9.10. The number of carboxylic acid groups (broad SMARTS) is 1. The van der Waals surface area contributed by atoms with Gasteiger partial charge in [0, 0.05) is 16.4 Å². The van der Waals surface area contributed by atoms with E-state index in [9.17, 15) is 4.79 Å². The average Bonchev–Trinajstić information content (AvgIpc) is 2.69. The van der Waals surface area contributed by atoms with Crippen molar-refractivity contribution in [1.29, 1.82) is 0 Å². The fourth-order valence-corrected chi connectivity index (χ4v) is 2.96. The standard InChI is InChI=1S/C12H10BrClN2O2S/c1-16-10(14)5-15-11(16)6-19-7-2-3-9(13)8(4-7)12(17)18/h2-5H,6H2,1H3,(H,17,18). The first-order valence-electron chi connectivity index (χ1n) is 5.30. The van der Waals surface area contributed by atoms with Gasteiger partial charge in [0.1, 0.15) is 11.0 Å². The van der Waals surface area contributed by atoms with Crippen LogP contribution in [0.5, 0.6) is 0 Å². The third kappa shape index (κ3) is 3.32. The van der Waals surface area contributed by atoms with Gasteiger partial charge in [0.2, 0.25) is 0 Å². The van der Waals surface area contributed by atoms with Crippen molar-refractivity contribution in [3.8, 4) is 0 Å². The van der Waals surface area contributed by atoms with Crippen molar-refractivity contribution in [2.24, 2.45) is 7.05 Å². The predicted octanol–water partition coefficient (Wildman–Crippen LogP) is 3.83. The van der Waals surface area contributed by atoms with Gasteiger partial charge in [-0.2, -0.15) is 0 Å². The molecule has 19 heavy (non-hydrogen) atoms. The highest BCUT2D eigenvalue weighted by Crippen LogP contribution is 2.27. The second-order valence-electron chi connectivity index (χ2n) is 3.79. The Balaban J connectivity index is 2.14. The molecule has 0 aliphatic heterocycles. The van der Waals surface area contributed by atoms with Crippen LogP contribution in [0.2, 0.25) is 5.15 Å². The number of aromatic nitrogens is 2. The third-order valence-electron chi connectivity index (χ3n) is 2.56. The maximum Gasteiger partial charge on any atom is 0.336 e. The van der Waals surface area contributed by atoms with Crippen LogP contribution in [-0.4, -0.2) is 20.6 Å². The zero-order valence-corrected chi connectivity index (χ0v) is 13.1. The van der Waals surface area contributed by atoms with Gasteiger partial charge in [-0.1, -0.05) is 11.6 Å². The van der Waals surface area contributed by atoms with E-state index in [2.05, 4.69) is 20.9 Å². The lowest BCUT2D eigenvalue weighted by Gasteiger charge is -2.05. The van der Waals surface area contributed by atoms with Gasteiger partial charge in [-0.3, -0.25) is 0 Å². The Morgan fingerprint density at radius 1 is 1.58 bits per heavy atom. The Hall–Kier alpha value is -0.980. The summed E-state index contributed by atoms with van der Waals surface area (Å²) in [7, 11) is 1.84. The first-order valence-corrected chi connectivity index (χ1v) is 7.46. The molecule has 0 amide bonds. The Bertz CT molecular complexity index is 630. The van der Waals surface area contributed by atoms with Crippen LogP contribution < -0.4 is 0 Å². The zero-order valence-electron chi connectivity index (χ0n) is 9.93. The molecule has 0 unspecified atom stereocenters. The summed E-state index contributed by atoms with van der Waals surface area (Å²) < 4.78 is 2.37. The van der Waals surface area contributed by atoms with Crippen LogP contribution in [0.15, 0.2) is 33.8 Å². The number of carbonyl (C=O) groups is 1. The molecular weight excluding hydrogens is 352 g/mol. The summed E-state index contributed by atoms with van der Waals surface area (Å²) in [6.45, 7) is 0. The second-order valence-corrected chi connectivity index (χ2v) is 6.08. The minimum absolute atomic E-state index is 0.253. The van der Waals surface area contributed by atoms with Crippen molar-refractivity contribution >= 4 is 45.3 Å². The van der Waals surface area contributed by atoms with Gasteiger partial charge < -0.3 is 9.67 Å². The minimum Gasteiger partial charge on any atom is -0.478 e. The Morgan fingerprint density at radius 2 is 2.32 bits per heavy atom. The molecule has 0 saturated carbocycles. The Labute approximate surface area is 127 Å². The highest BCUT2D eigenvalue weighted by Gasteiger charge is 2.10. The molecule has 7 heteroatoms. The molecule has 1 aromatic heterocycles. The fraction of sp³-hybridized carbons (Fsp3) is 0.167. The van der Waals surface area contributed by atoms with Gasteiger partial charge in [-0.15, -0.1) is 11.8 Å². The van der Waals surface area contributed by atoms with E-state index in [1.807, 2.05) is 13.1 Å². The number of rotatable bonds is 4. The summed E-state index contributed by atoms with van der Waals surface area (Å²) in [4.78, 5) is 16.1. The van der Waals surface area contributed by atoms with Crippen LogP contribution >= 0.6 is 39.3 Å². The largest absolute Gasteiger partial charge is 0.478 e. The molecule has 0 saturated heterocycles. The lowest BCUT2D eigenvalue weighted by atomic mass is 10.2. The third-order valence-corrected chi connectivity index (χ3v) is 4.60. The van der Waals surface area contributed by atoms with Crippen molar-refractivity contribution in [1.82, 2.24) is 9.55 Å². The number of benzene rings is 1. The number of aromatic carboxylic acids is 1. The van der Waals surface area contributed by atoms with Crippen LogP contribution in [0, 0.1) is 0 Å². The summed E-state index contributed by atoms with van der Waals surface area (Å²) in [6.07, 6.45) is 1.60. The van der Waals surface area contributed by atoms with E-state index < -0.39 is 5.97 Å². The van der Waals surface area contributed by atoms with E-state index >= 15 is 0 Å². The fourth-order valence-electron chi connectivity index (χ4n) is 1.46. The monoisotopic (exact) mass is 360 g/mol. The molecule has 1 heterocycles. The van der Waals surface area contributed by atoms with Crippen molar-refractivity contribution in [2.75, 3.05) is 0 Å². The van der Waals surface area contributed by atoms with Gasteiger partial charge in [-0.05, 0) is 34.1 Å². The zero-order chi connectivity index (χ0) is 14.0. The molecule has 0 aliphatic carbocycles. The van der Waals surface area contributed by atoms with Crippen molar-refractivity contribution in [2.45, 2.75) is 10.6 Å². The summed E-state index contributed by atoms with van der Waals surface area (Å²) in [6, 6.07) is 5.24. The predicted molar refractivity (Wildman–Crippen MR) is 78.9 cm³/mol. The van der Waals surface area contributed by atoms with E-state index in [4.69, 9.17) is 16.7 Å². The van der Waals surface area contributed by atoms with Crippen LogP contribution in [0.4, 0.5) is 0 Å². The highest BCUT2D eigenvalue weighted by atomic mass is 79.9. The molecule has 0 radical (unpaired) electrons. The Morgan fingerprint density at radius 3 is 2.89 bits per heavy atom. The molecule has 0 bridgehead atoms. The van der Waals surface area contributed by atoms with E-state index in [1.165, 1.54) is 11.8 Å². The van der Waals surface area contributed by atoms with Crippen LogP contribution in [0.3, 0.4) is 0 Å².